The van der Waals surface area contributed by atoms with Gasteiger partial charge in [0.15, 0.2) is 12.0 Å². The molecule has 252 valence electrons. The molecule has 1 aliphatic heterocycles. The van der Waals surface area contributed by atoms with E-state index in [1.54, 1.807) is 0 Å². The van der Waals surface area contributed by atoms with Gasteiger partial charge in [-0.1, -0.05) is 53.5 Å². The topological polar surface area (TPSA) is 72.9 Å². The predicted molar refractivity (Wildman–Crippen MR) is 176 cm³/mol. The zero-order chi connectivity index (χ0) is 32.8. The van der Waals surface area contributed by atoms with Gasteiger partial charge in [-0.25, -0.2) is 0 Å². The lowest BCUT2D eigenvalue weighted by Gasteiger charge is -2.70. The third-order valence-corrected chi connectivity index (χ3v) is 15.5. The fraction of sp³-hybridized carbons (Fsp3) is 0.872. The molecule has 6 aliphatic rings. The summed E-state index contributed by atoms with van der Waals surface area (Å²) in [6, 6.07) is 0. The molecule has 6 rings (SSSR count). The van der Waals surface area contributed by atoms with E-state index >= 15 is 0 Å². The summed E-state index contributed by atoms with van der Waals surface area (Å²) in [5.41, 5.74) is 0.303. The molecule has 5 fully saturated rings. The van der Waals surface area contributed by atoms with E-state index < -0.39 is 5.41 Å². The highest BCUT2D eigenvalue weighted by atomic mass is 16.6. The average molecular weight is 624 g/mol. The second-order valence-corrected chi connectivity index (χ2v) is 18.3. The maximum Gasteiger partial charge on any atom is 0.313 e. The number of esters is 2. The van der Waals surface area contributed by atoms with E-state index in [2.05, 4.69) is 59.4 Å². The van der Waals surface area contributed by atoms with Gasteiger partial charge in [-0.05, 0) is 124 Å². The largest absolute Gasteiger partial charge is 0.462 e. The number of likely N-dealkylation sites (tertiary alicyclic amines) is 1. The number of carbonyl (C=O) groups excluding carboxylic acids is 3. The lowest BCUT2D eigenvalue weighted by atomic mass is 9.33. The van der Waals surface area contributed by atoms with Crippen LogP contribution in [0.1, 0.15) is 139 Å². The molecule has 5 aliphatic carbocycles. The van der Waals surface area contributed by atoms with Crippen LogP contribution in [0.15, 0.2) is 11.6 Å². The zero-order valence-electron chi connectivity index (χ0n) is 29.9. The Morgan fingerprint density at radius 3 is 2.22 bits per heavy atom. The minimum Gasteiger partial charge on any atom is -0.462 e. The van der Waals surface area contributed by atoms with E-state index in [4.69, 9.17) is 9.47 Å². The summed E-state index contributed by atoms with van der Waals surface area (Å²) in [6.07, 6.45) is 14.0. The standard InChI is InChI=1S/C39H61NO5/c1-25(40-21-11-10-12-22-40)44-33(43)36(6)18-17-35(5)19-20-38(8)27(28(35)24-36)23-29(42)32-37(7)15-14-31(45-26(2)41)34(3,4)30(37)13-16-39(32,38)9/h23,25,28,30-32H,10-22,24H2,1-9H3/t25-,28+,30-,31-,32-,35-,36-,37-,38+,39-/m1/s1. The summed E-state index contributed by atoms with van der Waals surface area (Å²) < 4.78 is 12.1. The molecule has 0 amide bonds. The van der Waals surface area contributed by atoms with Crippen molar-refractivity contribution in [2.75, 3.05) is 13.1 Å². The first kappa shape index (κ1) is 33.2. The molecule has 4 saturated carbocycles. The van der Waals surface area contributed by atoms with Crippen LogP contribution in [0.2, 0.25) is 0 Å². The second-order valence-electron chi connectivity index (χ2n) is 18.3. The Labute approximate surface area is 272 Å². The van der Waals surface area contributed by atoms with Crippen LogP contribution in [-0.4, -0.2) is 48.0 Å². The van der Waals surface area contributed by atoms with Crippen LogP contribution in [0.25, 0.3) is 0 Å². The van der Waals surface area contributed by atoms with Gasteiger partial charge in [0.1, 0.15) is 6.10 Å². The third kappa shape index (κ3) is 4.91. The van der Waals surface area contributed by atoms with Crippen molar-refractivity contribution in [3.05, 3.63) is 11.6 Å². The summed E-state index contributed by atoms with van der Waals surface area (Å²) >= 11 is 0. The molecule has 0 N–H and O–H groups in total. The van der Waals surface area contributed by atoms with Gasteiger partial charge >= 0.3 is 11.9 Å². The number of rotatable bonds is 4. The minimum atomic E-state index is -0.545. The molecule has 1 heterocycles. The first-order valence-corrected chi connectivity index (χ1v) is 18.3. The van der Waals surface area contributed by atoms with Crippen molar-refractivity contribution in [3.8, 4) is 0 Å². The summed E-state index contributed by atoms with van der Waals surface area (Å²) in [5, 5.41) is 0. The molecule has 0 aromatic heterocycles. The van der Waals surface area contributed by atoms with Gasteiger partial charge in [-0.3, -0.25) is 19.3 Å². The number of hydrogen-bond donors (Lipinski definition) is 0. The van der Waals surface area contributed by atoms with Crippen molar-refractivity contribution in [1.29, 1.82) is 0 Å². The van der Waals surface area contributed by atoms with Gasteiger partial charge in [0, 0.05) is 31.3 Å². The smallest absolute Gasteiger partial charge is 0.313 e. The van der Waals surface area contributed by atoms with Crippen molar-refractivity contribution < 1.29 is 23.9 Å². The molecule has 6 heteroatoms. The number of carbonyl (C=O) groups is 3. The molecule has 6 nitrogen and oxygen atoms in total. The van der Waals surface area contributed by atoms with E-state index in [9.17, 15) is 14.4 Å². The van der Waals surface area contributed by atoms with Crippen molar-refractivity contribution in [1.82, 2.24) is 4.90 Å². The van der Waals surface area contributed by atoms with Crippen molar-refractivity contribution in [2.24, 2.45) is 50.2 Å². The van der Waals surface area contributed by atoms with E-state index in [0.717, 1.165) is 70.9 Å². The summed E-state index contributed by atoms with van der Waals surface area (Å²) in [7, 11) is 0. The molecule has 0 aromatic rings. The fourth-order valence-corrected chi connectivity index (χ4v) is 12.4. The highest BCUT2D eigenvalue weighted by Gasteiger charge is 2.70. The Morgan fingerprint density at radius 2 is 1.56 bits per heavy atom. The molecule has 45 heavy (non-hydrogen) atoms. The van der Waals surface area contributed by atoms with Crippen molar-refractivity contribution in [2.45, 2.75) is 152 Å². The molecule has 0 spiro atoms. The molecule has 10 atom stereocenters. The highest BCUT2D eigenvalue weighted by molar-refractivity contribution is 5.95. The Hall–Kier alpha value is -1.69. The molecule has 0 radical (unpaired) electrons. The van der Waals surface area contributed by atoms with Crippen molar-refractivity contribution >= 4 is 17.7 Å². The maximum absolute atomic E-state index is 14.7. The first-order chi connectivity index (χ1) is 20.9. The average Bonchev–Trinajstić information content (AvgIpc) is 2.97. The summed E-state index contributed by atoms with van der Waals surface area (Å²) in [4.78, 5) is 43.0. The summed E-state index contributed by atoms with van der Waals surface area (Å²) in [6.45, 7) is 21.9. The van der Waals surface area contributed by atoms with Gasteiger partial charge in [0.25, 0.3) is 0 Å². The fourth-order valence-electron chi connectivity index (χ4n) is 12.4. The van der Waals surface area contributed by atoms with Crippen LogP contribution in [0.5, 0.6) is 0 Å². The number of fused-ring (bicyclic) bond motifs is 7. The number of allylic oxidation sites excluding steroid dienone is 2. The Balaban J connectivity index is 1.31. The van der Waals surface area contributed by atoms with Gasteiger partial charge < -0.3 is 9.47 Å². The molecule has 1 saturated heterocycles. The van der Waals surface area contributed by atoms with Crippen LogP contribution in [0.3, 0.4) is 0 Å². The number of ether oxygens (including phenoxy) is 2. The molecule has 0 bridgehead atoms. The Morgan fingerprint density at radius 1 is 0.889 bits per heavy atom. The van der Waals surface area contributed by atoms with Gasteiger partial charge in [-0.2, -0.15) is 0 Å². The van der Waals surface area contributed by atoms with E-state index in [1.807, 2.05) is 6.92 Å². The third-order valence-electron chi connectivity index (χ3n) is 15.5. The predicted octanol–water partition coefficient (Wildman–Crippen LogP) is 8.27. The molecule has 0 aromatic carbocycles. The number of piperidine rings is 1. The minimum absolute atomic E-state index is 0.0512. The Bertz CT molecular complexity index is 1270. The number of ketones is 1. The molecule has 0 unspecified atom stereocenters. The maximum atomic E-state index is 14.7. The van der Waals surface area contributed by atoms with Crippen LogP contribution >= 0.6 is 0 Å². The van der Waals surface area contributed by atoms with Crippen LogP contribution in [0.4, 0.5) is 0 Å². The van der Waals surface area contributed by atoms with E-state index in [-0.39, 0.29) is 63.2 Å². The SMILES string of the molecule is CC(=O)O[C@@H]1CC[C@]2(C)[C@H](CC[C@]3(C)[C@@H]2C(=O)C=C2[C@@H]4C[C@](C)(C(=O)O[C@H](C)N5CCCCC5)CC[C@]4(C)CC[C@@]23C)C1(C)C. The van der Waals surface area contributed by atoms with E-state index in [0.29, 0.717) is 11.7 Å². The van der Waals surface area contributed by atoms with Gasteiger partial charge in [-0.15, -0.1) is 0 Å². The van der Waals surface area contributed by atoms with Gasteiger partial charge in [0.05, 0.1) is 5.41 Å². The lowest BCUT2D eigenvalue weighted by Crippen LogP contribution is -2.66. The Kier molecular flexibility index (Phi) is 8.06. The van der Waals surface area contributed by atoms with Crippen molar-refractivity contribution in [3.63, 3.8) is 0 Å². The monoisotopic (exact) mass is 623 g/mol. The quantitative estimate of drug-likeness (QED) is 0.294. The number of nitrogens with zero attached hydrogens (tertiary/aromatic N) is 1. The van der Waals surface area contributed by atoms with Gasteiger partial charge in [0.2, 0.25) is 0 Å². The van der Waals surface area contributed by atoms with Crippen LogP contribution in [-0.2, 0) is 23.9 Å². The lowest BCUT2D eigenvalue weighted by molar-refractivity contribution is -0.210. The van der Waals surface area contributed by atoms with Crippen LogP contribution in [0, 0.1) is 50.2 Å². The van der Waals surface area contributed by atoms with E-state index in [1.165, 1.54) is 31.8 Å². The highest BCUT2D eigenvalue weighted by Crippen LogP contribution is 2.75. The molecular weight excluding hydrogens is 562 g/mol. The zero-order valence-corrected chi connectivity index (χ0v) is 29.9. The van der Waals surface area contributed by atoms with Crippen LogP contribution < -0.4 is 0 Å². The summed E-state index contributed by atoms with van der Waals surface area (Å²) in [5.74, 6) is 0.507. The number of hydrogen-bond acceptors (Lipinski definition) is 6. The normalized spacial score (nSPS) is 46.8. The second kappa shape index (κ2) is 10.9. The molecular formula is C39H61NO5. The first-order valence-electron chi connectivity index (χ1n) is 18.3.